The molecule has 2 heterocycles. The highest BCUT2D eigenvalue weighted by Crippen LogP contribution is 2.25. The lowest BCUT2D eigenvalue weighted by molar-refractivity contribution is 0.956. The van der Waals surface area contributed by atoms with E-state index in [1.54, 1.807) is 6.20 Å². The number of anilines is 2. The summed E-state index contributed by atoms with van der Waals surface area (Å²) in [5, 5.41) is 4.77. The van der Waals surface area contributed by atoms with Gasteiger partial charge in [0.15, 0.2) is 0 Å². The maximum Gasteiger partial charge on any atom is 0.223 e. The first kappa shape index (κ1) is 12.6. The van der Waals surface area contributed by atoms with Crippen molar-refractivity contribution in [3.8, 4) is 0 Å². The number of nitrogens with zero attached hydrogens (tertiary/aromatic N) is 4. The minimum absolute atomic E-state index is 0.257. The molecule has 0 saturated heterocycles. The van der Waals surface area contributed by atoms with Crippen LogP contribution in [0.25, 0.3) is 0 Å². The quantitative estimate of drug-likeness (QED) is 0.794. The summed E-state index contributed by atoms with van der Waals surface area (Å²) in [5.41, 5.74) is 5.68. The molecule has 0 aliphatic heterocycles. The zero-order valence-electron chi connectivity index (χ0n) is 10.00. The molecular formula is C11H14N6S. The predicted octanol–water partition coefficient (Wildman–Crippen LogP) is 1.82. The van der Waals surface area contributed by atoms with E-state index in [4.69, 9.17) is 5.73 Å². The molecule has 0 saturated carbocycles. The van der Waals surface area contributed by atoms with Gasteiger partial charge < -0.3 is 11.1 Å². The van der Waals surface area contributed by atoms with Crippen LogP contribution in [0.2, 0.25) is 0 Å². The SMILES string of the molecule is CCCNc1cc(Sc2ccncn2)nc(N)n1. The van der Waals surface area contributed by atoms with Gasteiger partial charge in [0.05, 0.1) is 0 Å². The third-order valence-corrected chi connectivity index (χ3v) is 2.91. The Morgan fingerprint density at radius 1 is 1.33 bits per heavy atom. The molecule has 7 heteroatoms. The number of hydrogen-bond donors (Lipinski definition) is 2. The molecule has 6 nitrogen and oxygen atoms in total. The van der Waals surface area contributed by atoms with Crippen molar-refractivity contribution < 1.29 is 0 Å². The molecule has 3 N–H and O–H groups in total. The second kappa shape index (κ2) is 6.15. The Labute approximate surface area is 109 Å². The van der Waals surface area contributed by atoms with E-state index in [0.29, 0.717) is 0 Å². The minimum Gasteiger partial charge on any atom is -0.370 e. The smallest absolute Gasteiger partial charge is 0.223 e. The normalized spacial score (nSPS) is 10.3. The Morgan fingerprint density at radius 3 is 2.94 bits per heavy atom. The van der Waals surface area contributed by atoms with Crippen LogP contribution in [0.3, 0.4) is 0 Å². The van der Waals surface area contributed by atoms with Crippen molar-refractivity contribution in [1.82, 2.24) is 19.9 Å². The van der Waals surface area contributed by atoms with Crippen molar-refractivity contribution in [3.05, 3.63) is 24.7 Å². The number of aromatic nitrogens is 4. The van der Waals surface area contributed by atoms with Gasteiger partial charge in [-0.15, -0.1) is 0 Å². The van der Waals surface area contributed by atoms with Crippen molar-refractivity contribution in [2.24, 2.45) is 0 Å². The van der Waals surface area contributed by atoms with Crippen LogP contribution in [0.1, 0.15) is 13.3 Å². The molecule has 0 bridgehead atoms. The predicted molar refractivity (Wildman–Crippen MR) is 71.4 cm³/mol. The molecule has 0 atom stereocenters. The van der Waals surface area contributed by atoms with Gasteiger partial charge >= 0.3 is 0 Å². The van der Waals surface area contributed by atoms with Gasteiger partial charge in [-0.25, -0.2) is 15.0 Å². The van der Waals surface area contributed by atoms with E-state index in [1.165, 1.54) is 18.1 Å². The topological polar surface area (TPSA) is 89.6 Å². The molecule has 0 amide bonds. The van der Waals surface area contributed by atoms with Crippen molar-refractivity contribution >= 4 is 23.5 Å². The van der Waals surface area contributed by atoms with E-state index in [2.05, 4.69) is 32.2 Å². The van der Waals surface area contributed by atoms with Crippen LogP contribution in [0, 0.1) is 0 Å². The number of nitrogen functional groups attached to an aromatic ring is 1. The molecule has 94 valence electrons. The van der Waals surface area contributed by atoms with E-state index in [0.717, 1.165) is 28.8 Å². The highest BCUT2D eigenvalue weighted by atomic mass is 32.2. The molecule has 0 aliphatic carbocycles. The number of rotatable bonds is 5. The molecule has 18 heavy (non-hydrogen) atoms. The van der Waals surface area contributed by atoms with Crippen molar-refractivity contribution in [1.29, 1.82) is 0 Å². The zero-order chi connectivity index (χ0) is 12.8. The fraction of sp³-hybridized carbons (Fsp3) is 0.273. The summed E-state index contributed by atoms with van der Waals surface area (Å²) in [6.45, 7) is 2.95. The average molecular weight is 262 g/mol. The fourth-order valence-electron chi connectivity index (χ4n) is 1.28. The molecular weight excluding hydrogens is 248 g/mol. The Bertz CT molecular complexity index is 504. The lowest BCUT2D eigenvalue weighted by Crippen LogP contribution is -2.05. The second-order valence-corrected chi connectivity index (χ2v) is 4.57. The van der Waals surface area contributed by atoms with Crippen molar-refractivity contribution in [3.63, 3.8) is 0 Å². The summed E-state index contributed by atoms with van der Waals surface area (Å²) in [6, 6.07) is 3.68. The molecule has 0 radical (unpaired) electrons. The Balaban J connectivity index is 2.15. The van der Waals surface area contributed by atoms with E-state index in [9.17, 15) is 0 Å². The Morgan fingerprint density at radius 2 is 2.22 bits per heavy atom. The standard InChI is InChI=1S/C11H14N6S/c1-2-4-14-8-6-10(17-11(12)16-8)18-9-3-5-13-7-15-9/h3,5-7H,2,4H2,1H3,(H3,12,14,16,17). The van der Waals surface area contributed by atoms with Crippen LogP contribution in [0.15, 0.2) is 34.7 Å². The van der Waals surface area contributed by atoms with Crippen LogP contribution in [0.5, 0.6) is 0 Å². The molecule has 0 aliphatic rings. The van der Waals surface area contributed by atoms with Gasteiger partial charge in [0.25, 0.3) is 0 Å². The second-order valence-electron chi connectivity index (χ2n) is 3.53. The first-order chi connectivity index (χ1) is 8.78. The first-order valence-electron chi connectivity index (χ1n) is 5.60. The van der Waals surface area contributed by atoms with E-state index >= 15 is 0 Å². The van der Waals surface area contributed by atoms with Gasteiger partial charge in [0, 0.05) is 18.8 Å². The first-order valence-corrected chi connectivity index (χ1v) is 6.42. The zero-order valence-corrected chi connectivity index (χ0v) is 10.8. The van der Waals surface area contributed by atoms with E-state index < -0.39 is 0 Å². The molecule has 0 aromatic carbocycles. The molecule has 2 rings (SSSR count). The third kappa shape index (κ3) is 3.56. The van der Waals surface area contributed by atoms with Crippen molar-refractivity contribution in [2.75, 3.05) is 17.6 Å². The largest absolute Gasteiger partial charge is 0.370 e. The van der Waals surface area contributed by atoms with Gasteiger partial charge in [0.1, 0.15) is 22.2 Å². The van der Waals surface area contributed by atoms with E-state index in [-0.39, 0.29) is 5.95 Å². The summed E-state index contributed by atoms with van der Waals surface area (Å²) in [4.78, 5) is 16.3. The highest BCUT2D eigenvalue weighted by molar-refractivity contribution is 7.99. The maximum absolute atomic E-state index is 5.68. The molecule has 0 fully saturated rings. The average Bonchev–Trinajstić information content (AvgIpc) is 2.37. The molecule has 2 aromatic rings. The monoisotopic (exact) mass is 262 g/mol. The number of nitrogens with one attached hydrogen (secondary N) is 1. The van der Waals surface area contributed by atoms with Crippen LogP contribution in [-0.2, 0) is 0 Å². The van der Waals surface area contributed by atoms with E-state index in [1.807, 2.05) is 12.1 Å². The van der Waals surface area contributed by atoms with Crippen LogP contribution in [-0.4, -0.2) is 26.5 Å². The fourth-order valence-corrected chi connectivity index (χ4v) is 2.04. The molecule has 0 spiro atoms. The summed E-state index contributed by atoms with van der Waals surface area (Å²) in [7, 11) is 0. The molecule has 0 unspecified atom stereocenters. The van der Waals surface area contributed by atoms with Crippen LogP contribution in [0.4, 0.5) is 11.8 Å². The Kier molecular flexibility index (Phi) is 4.30. The van der Waals surface area contributed by atoms with Crippen molar-refractivity contribution in [2.45, 2.75) is 23.4 Å². The summed E-state index contributed by atoms with van der Waals surface area (Å²) >= 11 is 1.43. The van der Waals surface area contributed by atoms with Gasteiger partial charge in [-0.1, -0.05) is 6.92 Å². The summed E-state index contributed by atoms with van der Waals surface area (Å²) in [6.07, 6.45) is 4.22. The summed E-state index contributed by atoms with van der Waals surface area (Å²) < 4.78 is 0. The number of hydrogen-bond acceptors (Lipinski definition) is 7. The maximum atomic E-state index is 5.68. The third-order valence-electron chi connectivity index (χ3n) is 2.04. The highest BCUT2D eigenvalue weighted by Gasteiger charge is 2.04. The minimum atomic E-state index is 0.257. The lowest BCUT2D eigenvalue weighted by Gasteiger charge is -2.06. The summed E-state index contributed by atoms with van der Waals surface area (Å²) in [5.74, 6) is 0.994. The lowest BCUT2D eigenvalue weighted by atomic mass is 10.4. The molecule has 2 aromatic heterocycles. The van der Waals surface area contributed by atoms with Gasteiger partial charge in [0.2, 0.25) is 5.95 Å². The number of nitrogens with two attached hydrogens (primary N) is 1. The van der Waals surface area contributed by atoms with Crippen LogP contribution < -0.4 is 11.1 Å². The van der Waals surface area contributed by atoms with Gasteiger partial charge in [-0.3, -0.25) is 0 Å². The van der Waals surface area contributed by atoms with Gasteiger partial charge in [-0.2, -0.15) is 4.98 Å². The van der Waals surface area contributed by atoms with Gasteiger partial charge in [-0.05, 0) is 24.2 Å². The van der Waals surface area contributed by atoms with Crippen LogP contribution >= 0.6 is 11.8 Å². The Hall–Kier alpha value is -1.89.